The molecular weight excluding hydrogens is 162 g/mol. The molecule has 58 valence electrons. The quantitative estimate of drug-likeness (QED) is 0.273. The van der Waals surface area contributed by atoms with E-state index in [1.165, 1.54) is 13.3 Å². The molecule has 11 heavy (non-hydrogen) atoms. The van der Waals surface area contributed by atoms with Gasteiger partial charge in [0.1, 0.15) is 7.05 Å². The molecule has 0 amide bonds. The molecule has 0 radical (unpaired) electrons. The standard InChI is InChI=1S/C8H8ClNO/c1-10(11)6-7-3-2-4-8(9)5-7/h2-6H,1H3. The highest BCUT2D eigenvalue weighted by Gasteiger charge is 1.91. The van der Waals surface area contributed by atoms with Crippen molar-refractivity contribution in [1.82, 2.24) is 0 Å². The third-order valence-electron chi connectivity index (χ3n) is 1.18. The summed E-state index contributed by atoms with van der Waals surface area (Å²) < 4.78 is 0.742. The first-order chi connectivity index (χ1) is 5.18. The number of hydroxylamine groups is 1. The first-order valence-electron chi connectivity index (χ1n) is 3.19. The zero-order chi connectivity index (χ0) is 8.27. The molecule has 0 saturated heterocycles. The molecule has 0 N–H and O–H groups in total. The summed E-state index contributed by atoms with van der Waals surface area (Å²) in [4.78, 5) is 0. The Morgan fingerprint density at radius 3 is 2.82 bits per heavy atom. The molecule has 0 atom stereocenters. The molecule has 1 rings (SSSR count). The molecule has 0 heterocycles. The van der Waals surface area contributed by atoms with Crippen molar-refractivity contribution < 1.29 is 4.74 Å². The van der Waals surface area contributed by atoms with Crippen LogP contribution in [-0.4, -0.2) is 18.0 Å². The summed E-state index contributed by atoms with van der Waals surface area (Å²) in [5.41, 5.74) is 0.815. The Labute approximate surface area is 70.3 Å². The van der Waals surface area contributed by atoms with Crippen LogP contribution in [0.5, 0.6) is 0 Å². The van der Waals surface area contributed by atoms with Gasteiger partial charge in [-0.15, -0.1) is 0 Å². The maximum absolute atomic E-state index is 10.5. The largest absolute Gasteiger partial charge is 0.624 e. The van der Waals surface area contributed by atoms with E-state index in [4.69, 9.17) is 11.6 Å². The molecule has 0 bridgehead atoms. The van der Waals surface area contributed by atoms with Gasteiger partial charge in [-0.05, 0) is 18.2 Å². The van der Waals surface area contributed by atoms with Gasteiger partial charge >= 0.3 is 0 Å². The Bertz CT molecular complexity index is 279. The predicted molar refractivity (Wildman–Crippen MR) is 46.2 cm³/mol. The summed E-state index contributed by atoms with van der Waals surface area (Å²) in [6, 6.07) is 7.12. The van der Waals surface area contributed by atoms with Gasteiger partial charge in [-0.25, -0.2) is 4.74 Å². The predicted octanol–water partition coefficient (Wildman–Crippen LogP) is 1.90. The minimum Gasteiger partial charge on any atom is -0.624 e. The molecule has 0 unspecified atom stereocenters. The van der Waals surface area contributed by atoms with Gasteiger partial charge < -0.3 is 5.21 Å². The molecule has 0 spiro atoms. The average molecular weight is 170 g/mol. The fourth-order valence-electron chi connectivity index (χ4n) is 0.797. The highest BCUT2D eigenvalue weighted by Crippen LogP contribution is 2.08. The van der Waals surface area contributed by atoms with Crippen molar-refractivity contribution in [2.75, 3.05) is 7.05 Å². The number of hydrogen-bond donors (Lipinski definition) is 0. The lowest BCUT2D eigenvalue weighted by Gasteiger charge is -1.95. The number of rotatable bonds is 1. The molecule has 0 aliphatic carbocycles. The van der Waals surface area contributed by atoms with Gasteiger partial charge in [0.2, 0.25) is 0 Å². The SMILES string of the molecule is C[N+]([O-])=Cc1cccc(Cl)c1. The van der Waals surface area contributed by atoms with Crippen LogP contribution in [0.15, 0.2) is 24.3 Å². The lowest BCUT2D eigenvalue weighted by Crippen LogP contribution is -1.96. The third kappa shape index (κ3) is 2.60. The number of hydrogen-bond acceptors (Lipinski definition) is 1. The Morgan fingerprint density at radius 1 is 1.55 bits per heavy atom. The molecule has 2 nitrogen and oxygen atoms in total. The Balaban J connectivity index is 2.97. The van der Waals surface area contributed by atoms with Crippen molar-refractivity contribution in [2.24, 2.45) is 0 Å². The zero-order valence-electron chi connectivity index (χ0n) is 6.12. The van der Waals surface area contributed by atoms with E-state index in [0.717, 1.165) is 10.3 Å². The molecule has 1 aromatic carbocycles. The van der Waals surface area contributed by atoms with Crippen LogP contribution >= 0.6 is 11.6 Å². The molecule has 0 aliphatic rings. The molecular formula is C8H8ClNO. The molecule has 1 aromatic rings. The lowest BCUT2D eigenvalue weighted by atomic mass is 10.2. The summed E-state index contributed by atoms with van der Waals surface area (Å²) >= 11 is 5.69. The first-order valence-corrected chi connectivity index (χ1v) is 3.56. The van der Waals surface area contributed by atoms with Crippen LogP contribution in [0.25, 0.3) is 0 Å². The van der Waals surface area contributed by atoms with Crippen molar-refractivity contribution in [3.05, 3.63) is 40.1 Å². The Hall–Kier alpha value is -1.02. The monoisotopic (exact) mass is 169 g/mol. The highest BCUT2D eigenvalue weighted by atomic mass is 35.5. The van der Waals surface area contributed by atoms with Gasteiger partial charge in [0, 0.05) is 10.6 Å². The summed E-state index contributed by atoms with van der Waals surface area (Å²) in [6.07, 6.45) is 1.46. The fourth-order valence-corrected chi connectivity index (χ4v) is 0.996. The molecule has 0 aromatic heterocycles. The maximum atomic E-state index is 10.5. The average Bonchev–Trinajstić information content (AvgIpc) is 1.85. The summed E-state index contributed by atoms with van der Waals surface area (Å²) in [6.45, 7) is 0. The van der Waals surface area contributed by atoms with E-state index >= 15 is 0 Å². The van der Waals surface area contributed by atoms with E-state index in [1.54, 1.807) is 18.2 Å². The minimum absolute atomic E-state index is 0.639. The summed E-state index contributed by atoms with van der Waals surface area (Å²) in [5, 5.41) is 11.2. The van der Waals surface area contributed by atoms with E-state index in [-0.39, 0.29) is 0 Å². The fraction of sp³-hybridized carbons (Fsp3) is 0.125. The third-order valence-corrected chi connectivity index (χ3v) is 1.41. The van der Waals surface area contributed by atoms with Gasteiger partial charge in [0.15, 0.2) is 6.21 Å². The van der Waals surface area contributed by atoms with Crippen molar-refractivity contribution in [3.63, 3.8) is 0 Å². The first kappa shape index (κ1) is 8.08. The van der Waals surface area contributed by atoms with E-state index in [9.17, 15) is 5.21 Å². The molecule has 0 fully saturated rings. The summed E-state index contributed by atoms with van der Waals surface area (Å²) in [5.74, 6) is 0. The lowest BCUT2D eigenvalue weighted by molar-refractivity contribution is -0.416. The zero-order valence-corrected chi connectivity index (χ0v) is 6.88. The second kappa shape index (κ2) is 3.39. The van der Waals surface area contributed by atoms with Gasteiger partial charge in [0.05, 0.1) is 0 Å². The van der Waals surface area contributed by atoms with Crippen LogP contribution in [0.1, 0.15) is 5.56 Å². The topological polar surface area (TPSA) is 26.1 Å². The Kier molecular flexibility index (Phi) is 2.49. The van der Waals surface area contributed by atoms with E-state index in [2.05, 4.69) is 0 Å². The molecule has 3 heteroatoms. The number of benzene rings is 1. The van der Waals surface area contributed by atoms with E-state index in [0.29, 0.717) is 5.02 Å². The van der Waals surface area contributed by atoms with E-state index < -0.39 is 0 Å². The van der Waals surface area contributed by atoms with Gasteiger partial charge in [0.25, 0.3) is 0 Å². The van der Waals surface area contributed by atoms with Gasteiger partial charge in [-0.1, -0.05) is 17.7 Å². The van der Waals surface area contributed by atoms with Gasteiger partial charge in [-0.3, -0.25) is 0 Å². The second-order valence-electron chi connectivity index (χ2n) is 2.23. The molecule has 0 aliphatic heterocycles. The number of halogens is 1. The van der Waals surface area contributed by atoms with Crippen LogP contribution in [0.2, 0.25) is 5.02 Å². The normalized spacial score (nSPS) is 11.6. The van der Waals surface area contributed by atoms with Crippen LogP contribution in [0.4, 0.5) is 0 Å². The Morgan fingerprint density at radius 2 is 2.27 bits per heavy atom. The highest BCUT2D eigenvalue weighted by molar-refractivity contribution is 6.30. The van der Waals surface area contributed by atoms with Crippen LogP contribution in [0, 0.1) is 5.21 Å². The minimum atomic E-state index is 0.639. The van der Waals surface area contributed by atoms with Crippen molar-refractivity contribution in [3.8, 4) is 0 Å². The second-order valence-corrected chi connectivity index (χ2v) is 2.67. The summed E-state index contributed by atoms with van der Waals surface area (Å²) in [7, 11) is 1.43. The maximum Gasteiger partial charge on any atom is 0.181 e. The molecule has 0 saturated carbocycles. The van der Waals surface area contributed by atoms with Crippen molar-refractivity contribution >= 4 is 17.8 Å². The van der Waals surface area contributed by atoms with Crippen LogP contribution < -0.4 is 0 Å². The number of nitrogens with zero attached hydrogens (tertiary/aromatic N) is 1. The van der Waals surface area contributed by atoms with Crippen LogP contribution in [-0.2, 0) is 0 Å². The van der Waals surface area contributed by atoms with E-state index in [1.807, 2.05) is 6.07 Å². The van der Waals surface area contributed by atoms with Crippen molar-refractivity contribution in [1.29, 1.82) is 0 Å². The van der Waals surface area contributed by atoms with Gasteiger partial charge in [-0.2, -0.15) is 0 Å². The van der Waals surface area contributed by atoms with Crippen molar-refractivity contribution in [2.45, 2.75) is 0 Å². The van der Waals surface area contributed by atoms with Crippen LogP contribution in [0.3, 0.4) is 0 Å². The smallest absolute Gasteiger partial charge is 0.181 e.